The molecule has 2 saturated carbocycles. The Morgan fingerprint density at radius 2 is 2.00 bits per heavy atom. The van der Waals surface area contributed by atoms with Gasteiger partial charge in [0, 0.05) is 31.7 Å². The van der Waals surface area contributed by atoms with Crippen LogP contribution in [0.3, 0.4) is 0 Å². The predicted octanol–water partition coefficient (Wildman–Crippen LogP) is 0.437. The third kappa shape index (κ3) is 3.48. The standard InChI is InChI=1S/C15H26N4O2/c1-10-7-17-15(2,13(20)18-12-5-6-12)9-19(10)14(21)16-8-11-3-4-11/h10-12,17H,3-9H2,1-2H3,(H,16,21)(H,18,20)/t10-,15-/m0/s1. The van der Waals surface area contributed by atoms with Crippen LogP contribution in [-0.4, -0.2) is 54.1 Å². The second-order valence-corrected chi connectivity index (χ2v) is 7.07. The van der Waals surface area contributed by atoms with Crippen molar-refractivity contribution in [2.45, 2.75) is 57.2 Å². The average Bonchev–Trinajstić information content (AvgIpc) is 3.33. The number of urea groups is 1. The van der Waals surface area contributed by atoms with E-state index in [0.29, 0.717) is 25.0 Å². The zero-order chi connectivity index (χ0) is 15.0. The summed E-state index contributed by atoms with van der Waals surface area (Å²) in [4.78, 5) is 26.5. The minimum absolute atomic E-state index is 0.0110. The van der Waals surface area contributed by atoms with Crippen LogP contribution in [0.15, 0.2) is 0 Å². The predicted molar refractivity (Wildman–Crippen MR) is 79.9 cm³/mol. The number of carbonyl (C=O) groups is 2. The molecule has 118 valence electrons. The van der Waals surface area contributed by atoms with Gasteiger partial charge in [-0.2, -0.15) is 0 Å². The maximum Gasteiger partial charge on any atom is 0.317 e. The summed E-state index contributed by atoms with van der Waals surface area (Å²) in [5.74, 6) is 0.675. The molecule has 3 fully saturated rings. The lowest BCUT2D eigenvalue weighted by Gasteiger charge is -2.44. The molecular weight excluding hydrogens is 268 g/mol. The molecule has 0 aromatic carbocycles. The number of rotatable bonds is 4. The number of nitrogens with zero attached hydrogens (tertiary/aromatic N) is 1. The number of piperazine rings is 1. The van der Waals surface area contributed by atoms with Crippen LogP contribution in [0.25, 0.3) is 0 Å². The molecule has 1 aliphatic heterocycles. The molecule has 0 aromatic heterocycles. The van der Waals surface area contributed by atoms with Crippen molar-refractivity contribution >= 4 is 11.9 Å². The van der Waals surface area contributed by atoms with Crippen LogP contribution in [0.2, 0.25) is 0 Å². The van der Waals surface area contributed by atoms with Gasteiger partial charge in [0.1, 0.15) is 5.54 Å². The highest BCUT2D eigenvalue weighted by atomic mass is 16.2. The van der Waals surface area contributed by atoms with Gasteiger partial charge in [0.05, 0.1) is 0 Å². The summed E-state index contributed by atoms with van der Waals surface area (Å²) in [6, 6.07) is 0.403. The van der Waals surface area contributed by atoms with E-state index < -0.39 is 5.54 Å². The highest BCUT2D eigenvalue weighted by Gasteiger charge is 2.43. The van der Waals surface area contributed by atoms with E-state index in [1.54, 1.807) is 4.90 Å². The molecule has 3 aliphatic rings. The van der Waals surface area contributed by atoms with Crippen molar-refractivity contribution in [3.8, 4) is 0 Å². The van der Waals surface area contributed by atoms with Crippen molar-refractivity contribution in [1.82, 2.24) is 20.9 Å². The molecule has 1 saturated heterocycles. The number of hydrogen-bond acceptors (Lipinski definition) is 3. The normalized spacial score (nSPS) is 32.7. The molecule has 6 heteroatoms. The molecule has 0 bridgehead atoms. The molecule has 3 rings (SSSR count). The minimum atomic E-state index is -0.688. The molecule has 1 heterocycles. The summed E-state index contributed by atoms with van der Waals surface area (Å²) in [5, 5.41) is 9.35. The fraction of sp³-hybridized carbons (Fsp3) is 0.867. The molecule has 2 aliphatic carbocycles. The smallest absolute Gasteiger partial charge is 0.317 e. The first-order valence-electron chi connectivity index (χ1n) is 8.08. The van der Waals surface area contributed by atoms with Crippen molar-refractivity contribution in [2.24, 2.45) is 5.92 Å². The van der Waals surface area contributed by atoms with Crippen molar-refractivity contribution in [3.05, 3.63) is 0 Å². The first kappa shape index (κ1) is 14.6. The Kier molecular flexibility index (Phi) is 3.82. The van der Waals surface area contributed by atoms with Gasteiger partial charge in [-0.1, -0.05) is 0 Å². The molecule has 6 nitrogen and oxygen atoms in total. The summed E-state index contributed by atoms with van der Waals surface area (Å²) in [5.41, 5.74) is -0.688. The molecule has 2 atom stereocenters. The fourth-order valence-corrected chi connectivity index (χ4v) is 2.69. The molecule has 21 heavy (non-hydrogen) atoms. The van der Waals surface area contributed by atoms with E-state index in [1.807, 2.05) is 13.8 Å². The number of amides is 3. The second-order valence-electron chi connectivity index (χ2n) is 7.07. The van der Waals surface area contributed by atoms with Crippen LogP contribution in [0, 0.1) is 5.92 Å². The lowest BCUT2D eigenvalue weighted by atomic mass is 9.95. The van der Waals surface area contributed by atoms with Crippen molar-refractivity contribution < 1.29 is 9.59 Å². The van der Waals surface area contributed by atoms with Gasteiger partial charge in [-0.05, 0) is 45.4 Å². The topological polar surface area (TPSA) is 73.5 Å². The maximum atomic E-state index is 12.4. The first-order chi connectivity index (χ1) is 9.98. The number of carbonyl (C=O) groups excluding carboxylic acids is 2. The van der Waals surface area contributed by atoms with E-state index in [4.69, 9.17) is 0 Å². The quantitative estimate of drug-likeness (QED) is 0.704. The van der Waals surface area contributed by atoms with Gasteiger partial charge in [-0.3, -0.25) is 4.79 Å². The molecule has 0 aromatic rings. The maximum absolute atomic E-state index is 12.4. The first-order valence-corrected chi connectivity index (χ1v) is 8.08. The molecule has 3 N–H and O–H groups in total. The van der Waals surface area contributed by atoms with Gasteiger partial charge in [0.15, 0.2) is 0 Å². The van der Waals surface area contributed by atoms with Crippen molar-refractivity contribution in [3.63, 3.8) is 0 Å². The van der Waals surface area contributed by atoms with Crippen LogP contribution in [0.1, 0.15) is 39.5 Å². The largest absolute Gasteiger partial charge is 0.352 e. The Morgan fingerprint density at radius 1 is 1.29 bits per heavy atom. The Morgan fingerprint density at radius 3 is 2.62 bits per heavy atom. The Balaban J connectivity index is 1.58. The van der Waals surface area contributed by atoms with Gasteiger partial charge in [-0.25, -0.2) is 4.79 Å². The Labute approximate surface area is 126 Å². The van der Waals surface area contributed by atoms with Crippen molar-refractivity contribution in [1.29, 1.82) is 0 Å². The van der Waals surface area contributed by atoms with Crippen LogP contribution in [0.4, 0.5) is 4.79 Å². The second kappa shape index (κ2) is 5.48. The van der Waals surface area contributed by atoms with Gasteiger partial charge in [-0.15, -0.1) is 0 Å². The van der Waals surface area contributed by atoms with Crippen LogP contribution in [0.5, 0.6) is 0 Å². The summed E-state index contributed by atoms with van der Waals surface area (Å²) < 4.78 is 0. The fourth-order valence-electron chi connectivity index (χ4n) is 2.69. The van der Waals surface area contributed by atoms with Gasteiger partial charge >= 0.3 is 6.03 Å². The Hall–Kier alpha value is -1.30. The number of hydrogen-bond donors (Lipinski definition) is 3. The van der Waals surface area contributed by atoms with Gasteiger partial charge in [0.25, 0.3) is 0 Å². The van der Waals surface area contributed by atoms with E-state index in [-0.39, 0.29) is 18.0 Å². The van der Waals surface area contributed by atoms with Crippen LogP contribution in [-0.2, 0) is 4.79 Å². The minimum Gasteiger partial charge on any atom is -0.352 e. The number of nitrogens with one attached hydrogen (secondary N) is 3. The highest BCUT2D eigenvalue weighted by Crippen LogP contribution is 2.28. The molecule has 0 spiro atoms. The van der Waals surface area contributed by atoms with Crippen LogP contribution >= 0.6 is 0 Å². The van der Waals surface area contributed by atoms with E-state index >= 15 is 0 Å². The lowest BCUT2D eigenvalue weighted by molar-refractivity contribution is -0.129. The lowest BCUT2D eigenvalue weighted by Crippen LogP contribution is -2.69. The SMILES string of the molecule is C[C@H]1CN[C@](C)(C(=O)NC2CC2)CN1C(=O)NCC1CC1. The van der Waals surface area contributed by atoms with E-state index in [9.17, 15) is 9.59 Å². The average molecular weight is 294 g/mol. The summed E-state index contributed by atoms with van der Waals surface area (Å²) in [7, 11) is 0. The van der Waals surface area contributed by atoms with E-state index in [1.165, 1.54) is 12.8 Å². The highest BCUT2D eigenvalue weighted by molar-refractivity contribution is 5.88. The summed E-state index contributed by atoms with van der Waals surface area (Å²) in [6.45, 7) is 5.73. The molecule has 0 radical (unpaired) electrons. The zero-order valence-corrected chi connectivity index (χ0v) is 12.9. The third-order valence-electron chi connectivity index (χ3n) is 4.72. The van der Waals surface area contributed by atoms with Crippen LogP contribution < -0.4 is 16.0 Å². The molecule has 3 amide bonds. The molecule has 0 unspecified atom stereocenters. The summed E-state index contributed by atoms with van der Waals surface area (Å²) >= 11 is 0. The Bertz CT molecular complexity index is 433. The van der Waals surface area contributed by atoms with E-state index in [2.05, 4.69) is 16.0 Å². The summed E-state index contributed by atoms with van der Waals surface area (Å²) in [6.07, 6.45) is 4.59. The molecular formula is C15H26N4O2. The zero-order valence-electron chi connectivity index (χ0n) is 12.9. The van der Waals surface area contributed by atoms with E-state index in [0.717, 1.165) is 19.4 Å². The van der Waals surface area contributed by atoms with Gasteiger partial charge < -0.3 is 20.9 Å². The third-order valence-corrected chi connectivity index (χ3v) is 4.72. The van der Waals surface area contributed by atoms with Gasteiger partial charge in [0.2, 0.25) is 5.91 Å². The van der Waals surface area contributed by atoms with Crippen molar-refractivity contribution in [2.75, 3.05) is 19.6 Å². The monoisotopic (exact) mass is 294 g/mol.